The predicted octanol–water partition coefficient (Wildman–Crippen LogP) is 1.31. The van der Waals surface area contributed by atoms with Crippen molar-refractivity contribution in [3.05, 3.63) is 0 Å². The van der Waals surface area contributed by atoms with E-state index in [2.05, 4.69) is 18.7 Å². The number of nitrogens with zero attached hydrogens (tertiary/aromatic N) is 1. The predicted molar refractivity (Wildman–Crippen MR) is 53.1 cm³/mol. The number of rotatable bonds is 3. The third kappa shape index (κ3) is 3.11. The van der Waals surface area contributed by atoms with Crippen LogP contribution < -0.4 is 5.73 Å². The molecular formula is C10H22N2. The maximum atomic E-state index is 5.67. The Balaban J connectivity index is 2.25. The van der Waals surface area contributed by atoms with E-state index in [0.717, 1.165) is 18.4 Å². The Kier molecular flexibility index (Phi) is 4.02. The standard InChI is InChI=1S/C10H22N2/c1-9(2)7-12-5-3-4-10(6-11)8-12/h9-10H,3-8,11H2,1-2H3/t10-/m0/s1. The number of likely N-dealkylation sites (tertiary alicyclic amines) is 1. The first kappa shape index (κ1) is 10.0. The van der Waals surface area contributed by atoms with Crippen molar-refractivity contribution in [1.82, 2.24) is 4.90 Å². The first-order valence-electron chi connectivity index (χ1n) is 5.14. The van der Waals surface area contributed by atoms with E-state index in [1.54, 1.807) is 0 Å². The second-order valence-corrected chi connectivity index (χ2v) is 4.40. The van der Waals surface area contributed by atoms with E-state index in [1.165, 1.54) is 32.5 Å². The molecule has 0 aromatic rings. The fraction of sp³-hybridized carbons (Fsp3) is 1.00. The topological polar surface area (TPSA) is 29.3 Å². The zero-order valence-corrected chi connectivity index (χ0v) is 8.42. The van der Waals surface area contributed by atoms with Crippen LogP contribution in [0.4, 0.5) is 0 Å². The SMILES string of the molecule is CC(C)CN1CCC[C@@H](CN)C1. The summed E-state index contributed by atoms with van der Waals surface area (Å²) < 4.78 is 0. The second kappa shape index (κ2) is 4.83. The molecule has 0 unspecified atom stereocenters. The van der Waals surface area contributed by atoms with Crippen molar-refractivity contribution in [1.29, 1.82) is 0 Å². The smallest absolute Gasteiger partial charge is 0.00218 e. The zero-order valence-electron chi connectivity index (χ0n) is 8.42. The summed E-state index contributed by atoms with van der Waals surface area (Å²) in [5.41, 5.74) is 5.67. The van der Waals surface area contributed by atoms with Gasteiger partial charge in [0, 0.05) is 13.1 Å². The number of hydrogen-bond donors (Lipinski definition) is 1. The van der Waals surface area contributed by atoms with Crippen molar-refractivity contribution in [2.75, 3.05) is 26.2 Å². The van der Waals surface area contributed by atoms with E-state index in [0.29, 0.717) is 0 Å². The van der Waals surface area contributed by atoms with Crippen molar-refractivity contribution in [3.63, 3.8) is 0 Å². The minimum absolute atomic E-state index is 0.762. The zero-order chi connectivity index (χ0) is 8.97. The maximum absolute atomic E-state index is 5.67. The van der Waals surface area contributed by atoms with Crippen molar-refractivity contribution >= 4 is 0 Å². The van der Waals surface area contributed by atoms with E-state index in [1.807, 2.05) is 0 Å². The first-order chi connectivity index (χ1) is 5.72. The van der Waals surface area contributed by atoms with Gasteiger partial charge < -0.3 is 10.6 Å². The molecule has 0 aromatic heterocycles. The molecule has 0 aliphatic carbocycles. The highest BCUT2D eigenvalue weighted by Crippen LogP contribution is 2.15. The van der Waals surface area contributed by atoms with Crippen molar-refractivity contribution in [2.45, 2.75) is 26.7 Å². The Bertz CT molecular complexity index is 123. The van der Waals surface area contributed by atoms with Crippen LogP contribution in [0.1, 0.15) is 26.7 Å². The van der Waals surface area contributed by atoms with Gasteiger partial charge in [-0.2, -0.15) is 0 Å². The summed E-state index contributed by atoms with van der Waals surface area (Å²) in [6.45, 7) is 9.20. The average Bonchev–Trinajstić information content (AvgIpc) is 2.03. The minimum Gasteiger partial charge on any atom is -0.330 e. The van der Waals surface area contributed by atoms with Crippen LogP contribution in [-0.4, -0.2) is 31.1 Å². The summed E-state index contributed by atoms with van der Waals surface area (Å²) in [5, 5.41) is 0. The molecule has 1 heterocycles. The van der Waals surface area contributed by atoms with E-state index >= 15 is 0 Å². The lowest BCUT2D eigenvalue weighted by molar-refractivity contribution is 0.162. The van der Waals surface area contributed by atoms with Gasteiger partial charge in [0.15, 0.2) is 0 Å². The Labute approximate surface area is 76.1 Å². The molecule has 1 aliphatic rings. The van der Waals surface area contributed by atoms with Crippen LogP contribution in [0.15, 0.2) is 0 Å². The van der Waals surface area contributed by atoms with E-state index in [-0.39, 0.29) is 0 Å². The molecule has 72 valence electrons. The molecule has 0 bridgehead atoms. The molecule has 0 saturated carbocycles. The molecule has 1 fully saturated rings. The number of hydrogen-bond acceptors (Lipinski definition) is 2. The van der Waals surface area contributed by atoms with Gasteiger partial charge in [-0.3, -0.25) is 0 Å². The lowest BCUT2D eigenvalue weighted by atomic mass is 9.97. The summed E-state index contributed by atoms with van der Waals surface area (Å²) in [7, 11) is 0. The number of piperidine rings is 1. The summed E-state index contributed by atoms with van der Waals surface area (Å²) in [5.74, 6) is 1.55. The molecule has 0 aromatic carbocycles. The summed E-state index contributed by atoms with van der Waals surface area (Å²) in [6, 6.07) is 0. The van der Waals surface area contributed by atoms with Crippen molar-refractivity contribution in [3.8, 4) is 0 Å². The highest BCUT2D eigenvalue weighted by atomic mass is 15.1. The van der Waals surface area contributed by atoms with Crippen LogP contribution in [0.2, 0.25) is 0 Å². The van der Waals surface area contributed by atoms with Gasteiger partial charge in [-0.25, -0.2) is 0 Å². The molecule has 1 aliphatic heterocycles. The molecule has 1 saturated heterocycles. The van der Waals surface area contributed by atoms with Crippen LogP contribution in [0.5, 0.6) is 0 Å². The van der Waals surface area contributed by atoms with E-state index in [9.17, 15) is 0 Å². The van der Waals surface area contributed by atoms with Gasteiger partial charge in [-0.15, -0.1) is 0 Å². The quantitative estimate of drug-likeness (QED) is 0.692. The molecule has 1 rings (SSSR count). The van der Waals surface area contributed by atoms with Gasteiger partial charge >= 0.3 is 0 Å². The molecule has 0 spiro atoms. The molecule has 2 N–H and O–H groups in total. The van der Waals surface area contributed by atoms with Crippen LogP contribution >= 0.6 is 0 Å². The third-order valence-corrected chi connectivity index (χ3v) is 2.56. The van der Waals surface area contributed by atoms with Gasteiger partial charge in [-0.1, -0.05) is 13.8 Å². The van der Waals surface area contributed by atoms with Crippen LogP contribution in [0.25, 0.3) is 0 Å². The average molecular weight is 170 g/mol. The third-order valence-electron chi connectivity index (χ3n) is 2.56. The molecule has 2 heteroatoms. The van der Waals surface area contributed by atoms with Crippen molar-refractivity contribution < 1.29 is 0 Å². The summed E-state index contributed by atoms with van der Waals surface area (Å²) >= 11 is 0. The molecule has 12 heavy (non-hydrogen) atoms. The van der Waals surface area contributed by atoms with Crippen molar-refractivity contribution in [2.24, 2.45) is 17.6 Å². The fourth-order valence-electron chi connectivity index (χ4n) is 2.03. The van der Waals surface area contributed by atoms with Gasteiger partial charge in [-0.05, 0) is 37.8 Å². The first-order valence-corrected chi connectivity index (χ1v) is 5.14. The highest BCUT2D eigenvalue weighted by molar-refractivity contribution is 4.73. The molecule has 1 atom stereocenters. The maximum Gasteiger partial charge on any atom is 0.00218 e. The minimum atomic E-state index is 0.762. The molecule has 0 amide bonds. The van der Waals surface area contributed by atoms with Crippen LogP contribution in [0, 0.1) is 11.8 Å². The fourth-order valence-corrected chi connectivity index (χ4v) is 2.03. The largest absolute Gasteiger partial charge is 0.330 e. The Morgan fingerprint density at radius 2 is 2.25 bits per heavy atom. The Morgan fingerprint density at radius 1 is 1.50 bits per heavy atom. The molecular weight excluding hydrogens is 148 g/mol. The van der Waals surface area contributed by atoms with Gasteiger partial charge in [0.1, 0.15) is 0 Å². The summed E-state index contributed by atoms with van der Waals surface area (Å²) in [4.78, 5) is 2.56. The lowest BCUT2D eigenvalue weighted by Gasteiger charge is -2.33. The van der Waals surface area contributed by atoms with Crippen LogP contribution in [0.3, 0.4) is 0 Å². The number of nitrogens with two attached hydrogens (primary N) is 1. The Morgan fingerprint density at radius 3 is 2.83 bits per heavy atom. The molecule has 0 radical (unpaired) electrons. The van der Waals surface area contributed by atoms with Gasteiger partial charge in [0.25, 0.3) is 0 Å². The monoisotopic (exact) mass is 170 g/mol. The lowest BCUT2D eigenvalue weighted by Crippen LogP contribution is -2.40. The summed E-state index contributed by atoms with van der Waals surface area (Å²) in [6.07, 6.45) is 2.68. The Hall–Kier alpha value is -0.0800. The van der Waals surface area contributed by atoms with E-state index < -0.39 is 0 Å². The van der Waals surface area contributed by atoms with Gasteiger partial charge in [0.05, 0.1) is 0 Å². The van der Waals surface area contributed by atoms with Crippen LogP contribution in [-0.2, 0) is 0 Å². The second-order valence-electron chi connectivity index (χ2n) is 4.40. The van der Waals surface area contributed by atoms with E-state index in [4.69, 9.17) is 5.73 Å². The molecule has 2 nitrogen and oxygen atoms in total. The highest BCUT2D eigenvalue weighted by Gasteiger charge is 2.18. The van der Waals surface area contributed by atoms with Gasteiger partial charge in [0.2, 0.25) is 0 Å². The normalized spacial score (nSPS) is 26.5.